The Morgan fingerprint density at radius 2 is 2.30 bits per heavy atom. The molecule has 1 aliphatic rings. The van der Waals surface area contributed by atoms with Crippen molar-refractivity contribution in [3.05, 3.63) is 50.1 Å². The zero-order valence-electron chi connectivity index (χ0n) is 11.5. The molecule has 1 unspecified atom stereocenters. The number of methoxy groups -OCH3 is 1. The summed E-state index contributed by atoms with van der Waals surface area (Å²) in [7, 11) is 1.71. The van der Waals surface area contributed by atoms with Gasteiger partial charge >= 0.3 is 0 Å². The Kier molecular flexibility index (Phi) is 4.44. The van der Waals surface area contributed by atoms with Gasteiger partial charge in [-0.15, -0.1) is 11.3 Å². The zero-order chi connectivity index (χ0) is 13.9. The molecule has 0 bridgehead atoms. The van der Waals surface area contributed by atoms with E-state index in [9.17, 15) is 0 Å². The van der Waals surface area contributed by atoms with Crippen LogP contribution in [0.4, 0.5) is 0 Å². The maximum atomic E-state index is 5.30. The molecule has 0 saturated heterocycles. The lowest BCUT2D eigenvalue weighted by atomic mass is 9.94. The largest absolute Gasteiger partial charge is 0.497 e. The van der Waals surface area contributed by atoms with Gasteiger partial charge in [-0.05, 0) is 60.0 Å². The monoisotopic (exact) mass is 351 g/mol. The fourth-order valence-electron chi connectivity index (χ4n) is 2.75. The quantitative estimate of drug-likeness (QED) is 0.862. The second-order valence-corrected chi connectivity index (χ2v) is 6.94. The molecule has 0 amide bonds. The molecule has 0 radical (unpaired) electrons. The van der Waals surface area contributed by atoms with Crippen molar-refractivity contribution in [3.63, 3.8) is 0 Å². The van der Waals surface area contributed by atoms with Crippen molar-refractivity contribution >= 4 is 27.3 Å². The fourth-order valence-corrected chi connectivity index (χ4v) is 4.12. The van der Waals surface area contributed by atoms with E-state index in [1.807, 2.05) is 23.5 Å². The number of benzene rings is 1. The summed E-state index contributed by atoms with van der Waals surface area (Å²) in [4.78, 5) is 1.55. The molecule has 3 rings (SSSR count). The number of aryl methyl sites for hydroxylation is 1. The number of rotatable bonds is 4. The number of halogens is 1. The third kappa shape index (κ3) is 2.92. The lowest BCUT2D eigenvalue weighted by Crippen LogP contribution is -2.24. The standard InChI is InChI=1S/C16H18BrNOS/c1-19-12-5-6-14(17)11(9-12)10-18-15-3-2-4-16-13(15)7-8-20-16/h5-9,15,18H,2-4,10H2,1H3. The molecule has 0 spiro atoms. The van der Waals surface area contributed by atoms with Crippen molar-refractivity contribution in [1.82, 2.24) is 5.32 Å². The van der Waals surface area contributed by atoms with E-state index in [-0.39, 0.29) is 0 Å². The minimum Gasteiger partial charge on any atom is -0.497 e. The molecule has 2 aromatic rings. The molecule has 0 fully saturated rings. The van der Waals surface area contributed by atoms with Gasteiger partial charge in [0.05, 0.1) is 7.11 Å². The van der Waals surface area contributed by atoms with Gasteiger partial charge in [-0.25, -0.2) is 0 Å². The molecule has 0 aliphatic heterocycles. The number of fused-ring (bicyclic) bond motifs is 1. The molecule has 1 N–H and O–H groups in total. The van der Waals surface area contributed by atoms with Crippen LogP contribution in [0, 0.1) is 0 Å². The summed E-state index contributed by atoms with van der Waals surface area (Å²) in [5.41, 5.74) is 2.74. The molecule has 1 aromatic carbocycles. The van der Waals surface area contributed by atoms with E-state index < -0.39 is 0 Å². The van der Waals surface area contributed by atoms with Crippen LogP contribution in [0.2, 0.25) is 0 Å². The summed E-state index contributed by atoms with van der Waals surface area (Å²) in [6, 6.07) is 8.88. The first kappa shape index (κ1) is 14.1. The second kappa shape index (κ2) is 6.29. The molecule has 1 aliphatic carbocycles. The Bertz CT molecular complexity index is 596. The van der Waals surface area contributed by atoms with Crippen molar-refractivity contribution in [2.24, 2.45) is 0 Å². The number of hydrogen-bond donors (Lipinski definition) is 1. The van der Waals surface area contributed by atoms with Gasteiger partial charge in [0.1, 0.15) is 5.75 Å². The molecule has 2 nitrogen and oxygen atoms in total. The van der Waals surface area contributed by atoms with Crippen LogP contribution in [0.1, 0.15) is 34.9 Å². The highest BCUT2D eigenvalue weighted by Gasteiger charge is 2.20. The lowest BCUT2D eigenvalue weighted by Gasteiger charge is -2.24. The van der Waals surface area contributed by atoms with Gasteiger partial charge < -0.3 is 10.1 Å². The smallest absolute Gasteiger partial charge is 0.119 e. The topological polar surface area (TPSA) is 21.3 Å². The first-order valence-corrected chi connectivity index (χ1v) is 8.57. The Morgan fingerprint density at radius 1 is 1.40 bits per heavy atom. The second-order valence-electron chi connectivity index (χ2n) is 5.08. The van der Waals surface area contributed by atoms with Crippen LogP contribution in [-0.2, 0) is 13.0 Å². The van der Waals surface area contributed by atoms with Crippen molar-refractivity contribution < 1.29 is 4.74 Å². The predicted molar refractivity (Wildman–Crippen MR) is 87.5 cm³/mol. The van der Waals surface area contributed by atoms with Crippen LogP contribution < -0.4 is 10.1 Å². The molecule has 1 atom stereocenters. The third-order valence-corrected chi connectivity index (χ3v) is 5.61. The van der Waals surface area contributed by atoms with Crippen LogP contribution in [0.25, 0.3) is 0 Å². The van der Waals surface area contributed by atoms with Crippen LogP contribution in [0.15, 0.2) is 34.1 Å². The Hall–Kier alpha value is -0.840. The molecule has 4 heteroatoms. The number of nitrogens with one attached hydrogen (secondary N) is 1. The van der Waals surface area contributed by atoms with E-state index in [1.165, 1.54) is 30.4 Å². The van der Waals surface area contributed by atoms with Crippen molar-refractivity contribution in [3.8, 4) is 5.75 Å². The minimum absolute atomic E-state index is 0.489. The summed E-state index contributed by atoms with van der Waals surface area (Å²) in [6.07, 6.45) is 3.75. The maximum absolute atomic E-state index is 5.30. The third-order valence-electron chi connectivity index (χ3n) is 3.84. The summed E-state index contributed by atoms with van der Waals surface area (Å²) in [5.74, 6) is 0.907. The Morgan fingerprint density at radius 3 is 3.15 bits per heavy atom. The number of hydrogen-bond acceptors (Lipinski definition) is 3. The van der Waals surface area contributed by atoms with Crippen LogP contribution in [0.5, 0.6) is 5.75 Å². The van der Waals surface area contributed by atoms with E-state index in [1.54, 1.807) is 12.0 Å². The molecule has 1 aromatic heterocycles. The highest BCUT2D eigenvalue weighted by atomic mass is 79.9. The van der Waals surface area contributed by atoms with Gasteiger partial charge in [-0.1, -0.05) is 15.9 Å². The van der Waals surface area contributed by atoms with Crippen LogP contribution >= 0.6 is 27.3 Å². The summed E-state index contributed by atoms with van der Waals surface area (Å²) < 4.78 is 6.43. The number of ether oxygens (including phenoxy) is 1. The molecular formula is C16H18BrNOS. The summed E-state index contributed by atoms with van der Waals surface area (Å²) in [5, 5.41) is 5.91. The highest BCUT2D eigenvalue weighted by Crippen LogP contribution is 2.33. The average molecular weight is 352 g/mol. The minimum atomic E-state index is 0.489. The lowest BCUT2D eigenvalue weighted by molar-refractivity contribution is 0.413. The van der Waals surface area contributed by atoms with Gasteiger partial charge in [0.2, 0.25) is 0 Å². The van der Waals surface area contributed by atoms with Crippen molar-refractivity contribution in [2.75, 3.05) is 7.11 Å². The summed E-state index contributed by atoms with van der Waals surface area (Å²) >= 11 is 5.51. The van der Waals surface area contributed by atoms with Gasteiger partial charge in [0, 0.05) is 21.9 Å². The van der Waals surface area contributed by atoms with Crippen molar-refractivity contribution in [1.29, 1.82) is 0 Å². The average Bonchev–Trinajstić information content (AvgIpc) is 2.95. The molecule has 106 valence electrons. The van der Waals surface area contributed by atoms with E-state index in [0.717, 1.165) is 16.8 Å². The first-order valence-electron chi connectivity index (χ1n) is 6.90. The van der Waals surface area contributed by atoms with E-state index in [0.29, 0.717) is 6.04 Å². The van der Waals surface area contributed by atoms with Crippen LogP contribution in [0.3, 0.4) is 0 Å². The molecule has 1 heterocycles. The fraction of sp³-hybridized carbons (Fsp3) is 0.375. The Labute approximate surface area is 132 Å². The molecule has 0 saturated carbocycles. The van der Waals surface area contributed by atoms with Crippen molar-refractivity contribution in [2.45, 2.75) is 31.8 Å². The van der Waals surface area contributed by atoms with Gasteiger partial charge in [0.25, 0.3) is 0 Å². The van der Waals surface area contributed by atoms with E-state index in [4.69, 9.17) is 4.74 Å². The first-order chi connectivity index (χ1) is 9.78. The van der Waals surface area contributed by atoms with Gasteiger partial charge in [-0.2, -0.15) is 0 Å². The molecular weight excluding hydrogens is 334 g/mol. The normalized spacial score (nSPS) is 17.8. The van der Waals surface area contributed by atoms with E-state index >= 15 is 0 Å². The summed E-state index contributed by atoms with van der Waals surface area (Å²) in [6.45, 7) is 0.859. The predicted octanol–water partition coefficient (Wildman–Crippen LogP) is 4.69. The maximum Gasteiger partial charge on any atom is 0.119 e. The Balaban J connectivity index is 1.72. The zero-order valence-corrected chi connectivity index (χ0v) is 13.9. The van der Waals surface area contributed by atoms with Gasteiger partial charge in [-0.3, -0.25) is 0 Å². The van der Waals surface area contributed by atoms with Crippen LogP contribution in [-0.4, -0.2) is 7.11 Å². The van der Waals surface area contributed by atoms with E-state index in [2.05, 4.69) is 38.8 Å². The number of thiophene rings is 1. The van der Waals surface area contributed by atoms with Gasteiger partial charge in [0.15, 0.2) is 0 Å². The molecule has 20 heavy (non-hydrogen) atoms. The highest BCUT2D eigenvalue weighted by molar-refractivity contribution is 9.10. The SMILES string of the molecule is COc1ccc(Br)c(CNC2CCCc3sccc32)c1.